The average molecular weight is 269 g/mol. The van der Waals surface area contributed by atoms with Crippen LogP contribution < -0.4 is 0 Å². The molecule has 0 spiro atoms. The molecule has 0 saturated carbocycles. The molecule has 0 fully saturated rings. The summed E-state index contributed by atoms with van der Waals surface area (Å²) in [6, 6.07) is 19.7. The van der Waals surface area contributed by atoms with E-state index in [0.717, 1.165) is 5.56 Å². The first-order chi connectivity index (χ1) is 9.08. The molecule has 2 aromatic rings. The van der Waals surface area contributed by atoms with Crippen molar-refractivity contribution in [1.82, 2.24) is 0 Å². The fourth-order valence-electron chi connectivity index (χ4n) is 1.54. The predicted molar refractivity (Wildman–Crippen MR) is 79.3 cm³/mol. The first kappa shape index (κ1) is 13.4. The molecule has 0 aromatic heterocycles. The lowest BCUT2D eigenvalue weighted by atomic mass is 10.2. The second-order valence-electron chi connectivity index (χ2n) is 4.31. The van der Waals surface area contributed by atoms with Gasteiger partial charge in [0, 0.05) is 22.8 Å². The molecule has 96 valence electrons. The molecule has 2 nitrogen and oxygen atoms in total. The van der Waals surface area contributed by atoms with Gasteiger partial charge in [-0.2, -0.15) is 0 Å². The summed E-state index contributed by atoms with van der Waals surface area (Å²) in [4.78, 5) is 0.702. The fourth-order valence-corrected chi connectivity index (χ4v) is 2.52. The Morgan fingerprint density at radius 2 is 1.63 bits per heavy atom. The van der Waals surface area contributed by atoms with E-state index in [-0.39, 0.29) is 0 Å². The van der Waals surface area contributed by atoms with E-state index >= 15 is 0 Å². The number of benzene rings is 2. The maximum absolute atomic E-state index is 12.4. The highest BCUT2D eigenvalue weighted by atomic mass is 32.2. The molecule has 0 bridgehead atoms. The summed E-state index contributed by atoms with van der Waals surface area (Å²) in [6.07, 6.45) is 1.60. The zero-order valence-corrected chi connectivity index (χ0v) is 11.8. The lowest BCUT2D eigenvalue weighted by Gasteiger charge is -2.00. The van der Waals surface area contributed by atoms with Crippen LogP contribution in [0.25, 0.3) is 0 Å². The van der Waals surface area contributed by atoms with E-state index in [2.05, 4.69) is 16.3 Å². The highest BCUT2D eigenvalue weighted by molar-refractivity contribution is 7.93. The van der Waals surface area contributed by atoms with Crippen molar-refractivity contribution < 1.29 is 4.21 Å². The zero-order chi connectivity index (χ0) is 13.7. The van der Waals surface area contributed by atoms with Crippen LogP contribution in [0.3, 0.4) is 0 Å². The Morgan fingerprint density at radius 1 is 1.00 bits per heavy atom. The molecule has 0 amide bonds. The van der Waals surface area contributed by atoms with Gasteiger partial charge in [-0.15, -0.1) is 4.36 Å². The van der Waals surface area contributed by atoms with Gasteiger partial charge in [-0.1, -0.05) is 35.9 Å². The highest BCUT2D eigenvalue weighted by Gasteiger charge is 2.02. The largest absolute Gasteiger partial charge is 0.244 e. The van der Waals surface area contributed by atoms with Gasteiger partial charge in [-0.05, 0) is 37.1 Å². The fraction of sp³-hybridized carbons (Fsp3) is 0.125. The molecule has 2 rings (SSSR count). The second-order valence-corrected chi connectivity index (χ2v) is 6.57. The van der Waals surface area contributed by atoms with Crippen molar-refractivity contribution in [3.8, 4) is 12.0 Å². The summed E-state index contributed by atoms with van der Waals surface area (Å²) in [5.74, 6) is 2.90. The Bertz CT molecular complexity index is 728. The van der Waals surface area contributed by atoms with Crippen LogP contribution in [0, 0.1) is 18.9 Å². The van der Waals surface area contributed by atoms with Crippen molar-refractivity contribution in [3.05, 3.63) is 65.7 Å². The third kappa shape index (κ3) is 3.70. The number of hydrogen-bond donors (Lipinski definition) is 0. The number of rotatable bonds is 1. The van der Waals surface area contributed by atoms with Gasteiger partial charge in [0.1, 0.15) is 0 Å². The van der Waals surface area contributed by atoms with Gasteiger partial charge in [0.25, 0.3) is 0 Å². The molecule has 0 saturated heterocycles. The van der Waals surface area contributed by atoms with Gasteiger partial charge >= 0.3 is 0 Å². The standard InChI is InChI=1S/C16H15NOS/c1-14-8-10-15(11-9-14)12-13-17-19(2,18)16-6-4-3-5-7-16/h3-11H,1-2H3. The molecule has 0 aliphatic heterocycles. The molecule has 0 aliphatic carbocycles. The maximum atomic E-state index is 12.4. The Balaban J connectivity index is 2.28. The quantitative estimate of drug-likeness (QED) is 0.729. The van der Waals surface area contributed by atoms with Crippen molar-refractivity contribution in [1.29, 1.82) is 0 Å². The predicted octanol–water partition coefficient (Wildman–Crippen LogP) is 3.46. The molecule has 0 heterocycles. The van der Waals surface area contributed by atoms with Gasteiger partial charge in [0.05, 0.1) is 9.73 Å². The monoisotopic (exact) mass is 269 g/mol. The minimum absolute atomic E-state index is 0.702. The van der Waals surface area contributed by atoms with E-state index in [9.17, 15) is 4.21 Å². The Morgan fingerprint density at radius 3 is 2.26 bits per heavy atom. The van der Waals surface area contributed by atoms with Crippen LogP contribution in [0.5, 0.6) is 0 Å². The first-order valence-corrected chi connectivity index (χ1v) is 7.84. The van der Waals surface area contributed by atoms with Crippen LogP contribution in [-0.4, -0.2) is 10.5 Å². The SMILES string of the molecule is Cc1ccc(C#CN=S(C)(=O)c2ccccc2)cc1. The van der Waals surface area contributed by atoms with Crippen LogP contribution in [0.15, 0.2) is 63.9 Å². The van der Waals surface area contributed by atoms with E-state index in [4.69, 9.17) is 0 Å². The summed E-state index contributed by atoms with van der Waals surface area (Å²) in [5, 5.41) is 0. The molecular formula is C16H15NOS. The number of aryl methyl sites for hydroxylation is 1. The van der Waals surface area contributed by atoms with Gasteiger partial charge in [0.2, 0.25) is 0 Å². The lowest BCUT2D eigenvalue weighted by Crippen LogP contribution is -1.95. The second kappa shape index (κ2) is 5.73. The van der Waals surface area contributed by atoms with Crippen LogP contribution in [0.2, 0.25) is 0 Å². The molecule has 0 aliphatic rings. The Labute approximate surface area is 114 Å². The van der Waals surface area contributed by atoms with Crippen molar-refractivity contribution in [2.45, 2.75) is 11.8 Å². The van der Waals surface area contributed by atoms with Gasteiger partial charge in [-0.25, -0.2) is 4.21 Å². The molecular weight excluding hydrogens is 254 g/mol. The molecule has 1 atom stereocenters. The molecule has 2 aromatic carbocycles. The Kier molecular flexibility index (Phi) is 4.03. The average Bonchev–Trinajstić information content (AvgIpc) is 2.42. The first-order valence-electron chi connectivity index (χ1n) is 5.92. The third-order valence-corrected chi connectivity index (χ3v) is 4.24. The third-order valence-electron chi connectivity index (χ3n) is 2.65. The molecule has 0 radical (unpaired) electrons. The maximum Gasteiger partial charge on any atom is 0.0854 e. The topological polar surface area (TPSA) is 29.4 Å². The van der Waals surface area contributed by atoms with Crippen LogP contribution in [0.4, 0.5) is 0 Å². The number of nitrogens with zero attached hydrogens (tertiary/aromatic N) is 1. The van der Waals surface area contributed by atoms with E-state index in [1.807, 2.05) is 49.4 Å². The van der Waals surface area contributed by atoms with Crippen molar-refractivity contribution in [2.24, 2.45) is 4.36 Å². The Hall–Kier alpha value is -2.05. The van der Waals surface area contributed by atoms with Gasteiger partial charge in [0.15, 0.2) is 0 Å². The molecule has 19 heavy (non-hydrogen) atoms. The minimum Gasteiger partial charge on any atom is -0.244 e. The summed E-state index contributed by atoms with van der Waals surface area (Å²) in [6.45, 7) is 2.02. The van der Waals surface area contributed by atoms with Gasteiger partial charge in [-0.3, -0.25) is 0 Å². The van der Waals surface area contributed by atoms with Crippen LogP contribution in [-0.2, 0) is 9.73 Å². The molecule has 1 unspecified atom stereocenters. The summed E-state index contributed by atoms with van der Waals surface area (Å²) in [7, 11) is -2.44. The molecule has 0 N–H and O–H groups in total. The van der Waals surface area contributed by atoms with Crippen molar-refractivity contribution in [2.75, 3.05) is 6.26 Å². The summed E-state index contributed by atoms with van der Waals surface area (Å²) in [5.41, 5.74) is 2.06. The minimum atomic E-state index is -2.44. The highest BCUT2D eigenvalue weighted by Crippen LogP contribution is 2.10. The van der Waals surface area contributed by atoms with E-state index in [0.29, 0.717) is 4.90 Å². The van der Waals surface area contributed by atoms with E-state index in [1.54, 1.807) is 18.4 Å². The van der Waals surface area contributed by atoms with Gasteiger partial charge < -0.3 is 0 Å². The lowest BCUT2D eigenvalue weighted by molar-refractivity contribution is 0.681. The van der Waals surface area contributed by atoms with Crippen molar-refractivity contribution >= 4 is 9.73 Å². The van der Waals surface area contributed by atoms with Crippen LogP contribution in [0.1, 0.15) is 11.1 Å². The molecule has 3 heteroatoms. The summed E-state index contributed by atoms with van der Waals surface area (Å²) >= 11 is 0. The number of hydrogen-bond acceptors (Lipinski definition) is 2. The van der Waals surface area contributed by atoms with Crippen LogP contribution >= 0.6 is 0 Å². The zero-order valence-electron chi connectivity index (χ0n) is 11.0. The van der Waals surface area contributed by atoms with E-state index < -0.39 is 9.73 Å². The van der Waals surface area contributed by atoms with Crippen molar-refractivity contribution in [3.63, 3.8) is 0 Å². The van der Waals surface area contributed by atoms with E-state index in [1.165, 1.54) is 5.56 Å². The summed E-state index contributed by atoms with van der Waals surface area (Å²) < 4.78 is 16.4. The smallest absolute Gasteiger partial charge is 0.0854 e. The normalized spacial score (nSPS) is 12.9.